The molecule has 0 saturated carbocycles. The number of amides is 1. The Balaban J connectivity index is 1.82. The number of carbonyl (C=O) groups excluding carboxylic acids is 2. The van der Waals surface area contributed by atoms with Crippen LogP contribution in [-0.4, -0.2) is 38.7 Å². The van der Waals surface area contributed by atoms with E-state index in [0.29, 0.717) is 5.69 Å². The molecule has 0 aliphatic carbocycles. The van der Waals surface area contributed by atoms with Crippen LogP contribution in [0.4, 0.5) is 11.5 Å². The number of hydrogen-bond acceptors (Lipinski definition) is 7. The van der Waals surface area contributed by atoms with E-state index >= 15 is 0 Å². The van der Waals surface area contributed by atoms with E-state index in [4.69, 9.17) is 10.5 Å². The minimum Gasteiger partial charge on any atom is -0.469 e. The normalized spacial score (nSPS) is 11.6. The average Bonchev–Trinajstić information content (AvgIpc) is 3.14. The number of ether oxygens (including phenoxy) is 1. The maximum absolute atomic E-state index is 12.3. The number of methoxy groups -OCH3 is 1. The zero-order valence-corrected chi connectivity index (χ0v) is 14.6. The predicted octanol–water partition coefficient (Wildman–Crippen LogP) is 1.66. The lowest BCUT2D eigenvalue weighted by Crippen LogP contribution is -2.17. The number of nitrogens with two attached hydrogens (primary N) is 1. The standard InChI is InChI=1S/C18H18N6O3/c1-27-15(25)9-14(12-5-3-2-4-6-12)24-11-13(10-22-24)23-18(26)16-17(19)21-8-7-20-16/h2-8,10-11,14H,9H2,1H3,(H2,19,21)(H,23,26). The number of rotatable bonds is 6. The molecule has 9 heteroatoms. The summed E-state index contributed by atoms with van der Waals surface area (Å²) in [5, 5.41) is 6.95. The molecule has 0 aliphatic heterocycles. The van der Waals surface area contributed by atoms with Gasteiger partial charge in [-0.15, -0.1) is 0 Å². The maximum Gasteiger partial charge on any atom is 0.308 e. The van der Waals surface area contributed by atoms with Crippen molar-refractivity contribution in [2.45, 2.75) is 12.5 Å². The third-order valence-electron chi connectivity index (χ3n) is 3.89. The lowest BCUT2D eigenvalue weighted by atomic mass is 10.0. The number of nitrogens with zero attached hydrogens (tertiary/aromatic N) is 4. The largest absolute Gasteiger partial charge is 0.469 e. The van der Waals surface area contributed by atoms with Crippen molar-refractivity contribution < 1.29 is 14.3 Å². The van der Waals surface area contributed by atoms with Gasteiger partial charge in [-0.3, -0.25) is 14.3 Å². The summed E-state index contributed by atoms with van der Waals surface area (Å²) in [5.74, 6) is -0.822. The SMILES string of the molecule is COC(=O)CC(c1ccccc1)n1cc(NC(=O)c2nccnc2N)cn1. The number of aromatic nitrogens is 4. The molecule has 3 aromatic rings. The number of carbonyl (C=O) groups is 2. The summed E-state index contributed by atoms with van der Waals surface area (Å²) in [7, 11) is 1.34. The summed E-state index contributed by atoms with van der Waals surface area (Å²) in [5.41, 5.74) is 7.03. The summed E-state index contributed by atoms with van der Waals surface area (Å²) in [6.45, 7) is 0. The molecule has 1 unspecified atom stereocenters. The summed E-state index contributed by atoms with van der Waals surface area (Å²) in [6.07, 6.45) is 6.01. The van der Waals surface area contributed by atoms with Crippen molar-refractivity contribution in [3.63, 3.8) is 0 Å². The van der Waals surface area contributed by atoms with Crippen molar-refractivity contribution in [1.29, 1.82) is 0 Å². The first-order valence-corrected chi connectivity index (χ1v) is 8.12. The Kier molecular flexibility index (Phi) is 5.41. The number of benzene rings is 1. The third-order valence-corrected chi connectivity index (χ3v) is 3.89. The van der Waals surface area contributed by atoms with E-state index < -0.39 is 5.91 Å². The summed E-state index contributed by atoms with van der Waals surface area (Å²) in [4.78, 5) is 31.9. The molecule has 0 fully saturated rings. The zero-order valence-electron chi connectivity index (χ0n) is 14.6. The third kappa shape index (κ3) is 4.27. The number of esters is 1. The highest BCUT2D eigenvalue weighted by Crippen LogP contribution is 2.23. The van der Waals surface area contributed by atoms with E-state index in [1.807, 2.05) is 30.3 Å². The van der Waals surface area contributed by atoms with Crippen LogP contribution < -0.4 is 11.1 Å². The fraction of sp³-hybridized carbons (Fsp3) is 0.167. The average molecular weight is 366 g/mol. The maximum atomic E-state index is 12.3. The van der Waals surface area contributed by atoms with Crippen LogP contribution >= 0.6 is 0 Å². The highest BCUT2D eigenvalue weighted by Gasteiger charge is 2.20. The summed E-state index contributed by atoms with van der Waals surface area (Å²) in [6, 6.07) is 9.07. The van der Waals surface area contributed by atoms with Crippen molar-refractivity contribution in [3.8, 4) is 0 Å². The molecule has 27 heavy (non-hydrogen) atoms. The molecule has 0 aliphatic rings. The van der Waals surface area contributed by atoms with E-state index in [1.54, 1.807) is 10.9 Å². The topological polar surface area (TPSA) is 125 Å². The Morgan fingerprint density at radius 3 is 2.67 bits per heavy atom. The molecule has 1 atom stereocenters. The molecule has 3 N–H and O–H groups in total. The fourth-order valence-corrected chi connectivity index (χ4v) is 2.57. The van der Waals surface area contributed by atoms with Gasteiger partial charge in [-0.05, 0) is 5.56 Å². The second-order valence-corrected chi connectivity index (χ2v) is 5.66. The lowest BCUT2D eigenvalue weighted by Gasteiger charge is -2.16. The number of hydrogen-bond donors (Lipinski definition) is 2. The van der Waals surface area contributed by atoms with Gasteiger partial charge in [0.15, 0.2) is 11.5 Å². The van der Waals surface area contributed by atoms with Crippen LogP contribution in [0.1, 0.15) is 28.5 Å². The molecule has 138 valence electrons. The van der Waals surface area contributed by atoms with Crippen LogP contribution in [0.15, 0.2) is 55.1 Å². The van der Waals surface area contributed by atoms with Crippen LogP contribution in [-0.2, 0) is 9.53 Å². The minimum atomic E-state index is -0.496. The van der Waals surface area contributed by atoms with Crippen molar-refractivity contribution in [2.75, 3.05) is 18.2 Å². The molecular weight excluding hydrogens is 348 g/mol. The zero-order chi connectivity index (χ0) is 19.2. The van der Waals surface area contributed by atoms with Gasteiger partial charge in [0.05, 0.1) is 31.5 Å². The summed E-state index contributed by atoms with van der Waals surface area (Å²) < 4.78 is 6.39. The minimum absolute atomic E-state index is 0.0272. The number of anilines is 2. The van der Waals surface area contributed by atoms with Crippen LogP contribution in [0.5, 0.6) is 0 Å². The van der Waals surface area contributed by atoms with E-state index in [-0.39, 0.29) is 29.9 Å². The van der Waals surface area contributed by atoms with Gasteiger partial charge in [-0.1, -0.05) is 30.3 Å². The van der Waals surface area contributed by atoms with Gasteiger partial charge in [-0.2, -0.15) is 5.10 Å². The molecule has 1 aromatic carbocycles. The van der Waals surface area contributed by atoms with Crippen LogP contribution in [0.3, 0.4) is 0 Å². The highest BCUT2D eigenvalue weighted by molar-refractivity contribution is 6.05. The first-order valence-electron chi connectivity index (χ1n) is 8.12. The monoisotopic (exact) mass is 366 g/mol. The van der Waals surface area contributed by atoms with Gasteiger partial charge in [0.2, 0.25) is 0 Å². The van der Waals surface area contributed by atoms with Gasteiger partial charge >= 0.3 is 5.97 Å². The van der Waals surface area contributed by atoms with Gasteiger partial charge < -0.3 is 15.8 Å². The molecule has 0 radical (unpaired) electrons. The molecule has 0 bridgehead atoms. The van der Waals surface area contributed by atoms with Gasteiger partial charge in [-0.25, -0.2) is 9.97 Å². The molecule has 2 heterocycles. The second-order valence-electron chi connectivity index (χ2n) is 5.66. The molecule has 0 spiro atoms. The van der Waals surface area contributed by atoms with E-state index in [1.165, 1.54) is 25.7 Å². The predicted molar refractivity (Wildman–Crippen MR) is 97.8 cm³/mol. The lowest BCUT2D eigenvalue weighted by molar-refractivity contribution is -0.141. The Hall–Kier alpha value is -3.75. The van der Waals surface area contributed by atoms with Crippen molar-refractivity contribution in [2.24, 2.45) is 0 Å². The summed E-state index contributed by atoms with van der Waals surface area (Å²) >= 11 is 0. The van der Waals surface area contributed by atoms with Crippen LogP contribution in [0.2, 0.25) is 0 Å². The Morgan fingerprint density at radius 1 is 1.22 bits per heavy atom. The highest BCUT2D eigenvalue weighted by atomic mass is 16.5. The Bertz CT molecular complexity index is 941. The quantitative estimate of drug-likeness (QED) is 0.636. The van der Waals surface area contributed by atoms with Crippen LogP contribution in [0, 0.1) is 0 Å². The van der Waals surface area contributed by atoms with E-state index in [0.717, 1.165) is 5.56 Å². The molecule has 2 aromatic heterocycles. The fourth-order valence-electron chi connectivity index (χ4n) is 2.57. The Morgan fingerprint density at radius 2 is 1.96 bits per heavy atom. The van der Waals surface area contributed by atoms with Crippen molar-refractivity contribution >= 4 is 23.4 Å². The first-order chi connectivity index (χ1) is 13.1. The molecular formula is C18H18N6O3. The molecule has 3 rings (SSSR count). The van der Waals surface area contributed by atoms with Crippen molar-refractivity contribution in [1.82, 2.24) is 19.7 Å². The van der Waals surface area contributed by atoms with Gasteiger partial charge in [0.25, 0.3) is 5.91 Å². The second kappa shape index (κ2) is 8.09. The molecule has 1 amide bonds. The number of nitrogens with one attached hydrogen (secondary N) is 1. The first kappa shape index (κ1) is 18.1. The molecule has 0 saturated heterocycles. The Labute approximate surface area is 155 Å². The van der Waals surface area contributed by atoms with Crippen LogP contribution in [0.25, 0.3) is 0 Å². The van der Waals surface area contributed by atoms with E-state index in [9.17, 15) is 9.59 Å². The molecule has 9 nitrogen and oxygen atoms in total. The smallest absolute Gasteiger partial charge is 0.308 e. The number of nitrogen functional groups attached to an aromatic ring is 1. The van der Waals surface area contributed by atoms with Gasteiger partial charge in [0.1, 0.15) is 0 Å². The van der Waals surface area contributed by atoms with Crippen molar-refractivity contribution in [3.05, 3.63) is 66.4 Å². The van der Waals surface area contributed by atoms with Gasteiger partial charge in [0, 0.05) is 18.6 Å². The van der Waals surface area contributed by atoms with E-state index in [2.05, 4.69) is 20.4 Å².